The summed E-state index contributed by atoms with van der Waals surface area (Å²) in [5, 5.41) is 0. The summed E-state index contributed by atoms with van der Waals surface area (Å²) >= 11 is 0. The molecule has 3 aliphatic rings. The molecule has 0 radical (unpaired) electrons. The van der Waals surface area contributed by atoms with E-state index in [0.29, 0.717) is 37.5 Å². The molecule has 1 amide bonds. The van der Waals surface area contributed by atoms with Crippen molar-refractivity contribution in [3.63, 3.8) is 0 Å². The van der Waals surface area contributed by atoms with Crippen molar-refractivity contribution in [1.29, 1.82) is 0 Å². The van der Waals surface area contributed by atoms with Crippen LogP contribution in [0.3, 0.4) is 0 Å². The van der Waals surface area contributed by atoms with Crippen LogP contribution in [0.2, 0.25) is 0 Å². The van der Waals surface area contributed by atoms with E-state index in [9.17, 15) is 18.0 Å². The van der Waals surface area contributed by atoms with Crippen LogP contribution in [0.15, 0.2) is 12.4 Å². The number of ether oxygens (including phenoxy) is 1. The Hall–Kier alpha value is -2.10. The van der Waals surface area contributed by atoms with Crippen molar-refractivity contribution in [1.82, 2.24) is 19.8 Å². The third kappa shape index (κ3) is 4.57. The van der Waals surface area contributed by atoms with E-state index in [-0.39, 0.29) is 12.5 Å². The lowest BCUT2D eigenvalue weighted by Gasteiger charge is -2.41. The third-order valence-electron chi connectivity index (χ3n) is 6.01. The number of amides is 1. The zero-order valence-corrected chi connectivity index (χ0v) is 16.4. The van der Waals surface area contributed by atoms with E-state index in [0.717, 1.165) is 36.4 Å². The van der Waals surface area contributed by atoms with Crippen molar-refractivity contribution in [2.45, 2.75) is 56.4 Å². The summed E-state index contributed by atoms with van der Waals surface area (Å²) < 4.78 is 43.2. The van der Waals surface area contributed by atoms with Gasteiger partial charge in [-0.25, -0.2) is 9.97 Å². The van der Waals surface area contributed by atoms with Crippen molar-refractivity contribution >= 4 is 11.7 Å². The highest BCUT2D eigenvalue weighted by Gasteiger charge is 2.43. The van der Waals surface area contributed by atoms with Crippen LogP contribution in [-0.4, -0.2) is 83.3 Å². The van der Waals surface area contributed by atoms with Gasteiger partial charge in [0.15, 0.2) is 0 Å². The molecular weight excluding hydrogens is 387 g/mol. The minimum absolute atomic E-state index is 0.178. The number of halogens is 3. The van der Waals surface area contributed by atoms with Crippen molar-refractivity contribution in [3.05, 3.63) is 12.4 Å². The number of aromatic nitrogens is 2. The van der Waals surface area contributed by atoms with Crippen LogP contribution in [0.25, 0.3) is 0 Å². The Bertz CT molecular complexity index is 735. The molecule has 0 N–H and O–H groups in total. The van der Waals surface area contributed by atoms with Crippen LogP contribution in [-0.2, 0) is 4.79 Å². The normalized spacial score (nSPS) is 24.2. The fourth-order valence-corrected chi connectivity index (χ4v) is 4.52. The number of hydrogen-bond acceptors (Lipinski definition) is 6. The van der Waals surface area contributed by atoms with Crippen molar-refractivity contribution < 1.29 is 22.7 Å². The zero-order chi connectivity index (χ0) is 20.6. The molecule has 1 aliphatic carbocycles. The summed E-state index contributed by atoms with van der Waals surface area (Å²) in [5.41, 5.74) is 0. The lowest BCUT2D eigenvalue weighted by molar-refractivity contribution is -0.159. The first kappa shape index (κ1) is 20.2. The SMILES string of the molecule is COc1cc(N(C2CC2)C2CCN(C3CCN(CC(F)(F)F)C3=O)CC2)ncn1. The fraction of sp³-hybridized carbons (Fsp3) is 0.737. The van der Waals surface area contributed by atoms with Crippen LogP contribution < -0.4 is 9.64 Å². The fourth-order valence-electron chi connectivity index (χ4n) is 4.52. The van der Waals surface area contributed by atoms with Gasteiger partial charge >= 0.3 is 6.18 Å². The van der Waals surface area contributed by atoms with Gasteiger partial charge < -0.3 is 14.5 Å². The Balaban J connectivity index is 1.38. The van der Waals surface area contributed by atoms with Crippen LogP contribution in [0, 0.1) is 0 Å². The molecule has 1 atom stereocenters. The number of carbonyl (C=O) groups is 1. The van der Waals surface area contributed by atoms with Gasteiger partial charge in [0.2, 0.25) is 11.8 Å². The summed E-state index contributed by atoms with van der Waals surface area (Å²) in [4.78, 5) is 26.3. The van der Waals surface area contributed by atoms with E-state index in [2.05, 4.69) is 19.8 Å². The number of anilines is 1. The second-order valence-corrected chi connectivity index (χ2v) is 8.00. The summed E-state index contributed by atoms with van der Waals surface area (Å²) in [6.45, 7) is 0.431. The average molecular weight is 413 g/mol. The van der Waals surface area contributed by atoms with Crippen LogP contribution in [0.5, 0.6) is 5.88 Å². The highest BCUT2D eigenvalue weighted by molar-refractivity contribution is 5.84. The minimum atomic E-state index is -4.35. The Kier molecular flexibility index (Phi) is 5.54. The maximum absolute atomic E-state index is 12.7. The lowest BCUT2D eigenvalue weighted by atomic mass is 10.0. The molecule has 4 rings (SSSR count). The molecule has 160 valence electrons. The number of carbonyl (C=O) groups excluding carboxylic acids is 1. The summed E-state index contributed by atoms with van der Waals surface area (Å²) in [5.74, 6) is 0.992. The number of piperidine rings is 1. The molecule has 0 aromatic carbocycles. The lowest BCUT2D eigenvalue weighted by Crippen LogP contribution is -2.51. The van der Waals surface area contributed by atoms with E-state index >= 15 is 0 Å². The maximum atomic E-state index is 12.7. The molecule has 3 heterocycles. The Labute approximate surface area is 167 Å². The first-order chi connectivity index (χ1) is 13.9. The number of hydrogen-bond donors (Lipinski definition) is 0. The molecule has 0 spiro atoms. The molecule has 2 aliphatic heterocycles. The first-order valence-electron chi connectivity index (χ1n) is 10.1. The number of methoxy groups -OCH3 is 1. The van der Waals surface area contributed by atoms with Gasteiger partial charge in [-0.1, -0.05) is 0 Å². The quantitative estimate of drug-likeness (QED) is 0.712. The second-order valence-electron chi connectivity index (χ2n) is 8.00. The predicted octanol–water partition coefficient (Wildman–Crippen LogP) is 2.08. The summed E-state index contributed by atoms with van der Waals surface area (Å²) in [7, 11) is 1.58. The van der Waals surface area contributed by atoms with Gasteiger partial charge in [0.25, 0.3) is 0 Å². The Morgan fingerprint density at radius 1 is 1.10 bits per heavy atom. The largest absolute Gasteiger partial charge is 0.481 e. The predicted molar refractivity (Wildman–Crippen MR) is 99.7 cm³/mol. The zero-order valence-electron chi connectivity index (χ0n) is 16.4. The molecule has 1 saturated carbocycles. The molecular formula is C19H26F3N5O2. The van der Waals surface area contributed by atoms with E-state index in [1.165, 1.54) is 6.33 Å². The maximum Gasteiger partial charge on any atom is 0.406 e. The Morgan fingerprint density at radius 3 is 2.41 bits per heavy atom. The van der Waals surface area contributed by atoms with Gasteiger partial charge in [0.1, 0.15) is 18.7 Å². The van der Waals surface area contributed by atoms with Gasteiger partial charge in [0, 0.05) is 37.8 Å². The van der Waals surface area contributed by atoms with Crippen molar-refractivity contribution in [2.24, 2.45) is 0 Å². The molecule has 3 fully saturated rings. The molecule has 10 heteroatoms. The summed E-state index contributed by atoms with van der Waals surface area (Å²) in [6.07, 6.45) is 1.58. The van der Waals surface area contributed by atoms with E-state index < -0.39 is 18.8 Å². The van der Waals surface area contributed by atoms with Gasteiger partial charge in [-0.15, -0.1) is 0 Å². The summed E-state index contributed by atoms with van der Waals surface area (Å²) in [6, 6.07) is 2.18. The van der Waals surface area contributed by atoms with Crippen molar-refractivity contribution in [3.8, 4) is 5.88 Å². The Morgan fingerprint density at radius 2 is 1.79 bits per heavy atom. The molecule has 2 saturated heterocycles. The van der Waals surface area contributed by atoms with Gasteiger partial charge in [-0.05, 0) is 32.1 Å². The second kappa shape index (κ2) is 7.97. The number of likely N-dealkylation sites (tertiary alicyclic amines) is 2. The number of nitrogens with zero attached hydrogens (tertiary/aromatic N) is 5. The van der Waals surface area contributed by atoms with Gasteiger partial charge in [-0.3, -0.25) is 9.69 Å². The van der Waals surface area contributed by atoms with E-state index in [1.54, 1.807) is 7.11 Å². The first-order valence-corrected chi connectivity index (χ1v) is 10.1. The number of rotatable bonds is 6. The van der Waals surface area contributed by atoms with Crippen LogP contribution in [0.4, 0.5) is 19.0 Å². The highest BCUT2D eigenvalue weighted by Crippen LogP contribution is 2.36. The monoisotopic (exact) mass is 413 g/mol. The molecule has 29 heavy (non-hydrogen) atoms. The van der Waals surface area contributed by atoms with E-state index in [1.807, 2.05) is 6.07 Å². The van der Waals surface area contributed by atoms with Gasteiger partial charge in [0.05, 0.1) is 13.2 Å². The smallest absolute Gasteiger partial charge is 0.406 e. The molecule has 1 aromatic heterocycles. The number of alkyl halides is 3. The van der Waals surface area contributed by atoms with Crippen LogP contribution >= 0.6 is 0 Å². The van der Waals surface area contributed by atoms with Crippen LogP contribution in [0.1, 0.15) is 32.1 Å². The molecule has 1 aromatic rings. The topological polar surface area (TPSA) is 61.8 Å². The third-order valence-corrected chi connectivity index (χ3v) is 6.01. The van der Waals surface area contributed by atoms with Gasteiger partial charge in [-0.2, -0.15) is 13.2 Å². The minimum Gasteiger partial charge on any atom is -0.481 e. The average Bonchev–Trinajstić information content (AvgIpc) is 3.46. The molecule has 1 unspecified atom stereocenters. The standard InChI is InChI=1S/C19H26F3N5O2/c1-29-17-10-16(23-12-24-17)27(13-2-3-13)14-4-7-25(8-5-14)15-6-9-26(18(15)28)11-19(20,21)22/h10,12-15H,2-9,11H2,1H3. The highest BCUT2D eigenvalue weighted by atomic mass is 19.4. The molecule has 0 bridgehead atoms. The van der Waals surface area contributed by atoms with Crippen molar-refractivity contribution in [2.75, 3.05) is 38.2 Å². The van der Waals surface area contributed by atoms with E-state index in [4.69, 9.17) is 4.74 Å². The molecule has 7 nitrogen and oxygen atoms in total.